The van der Waals surface area contributed by atoms with Gasteiger partial charge in [0.05, 0.1) is 11.6 Å². The number of allylic oxidation sites excluding steroid dienone is 2. The fourth-order valence-corrected chi connectivity index (χ4v) is 3.01. The molecule has 0 aromatic heterocycles. The van der Waals surface area contributed by atoms with Crippen molar-refractivity contribution in [2.45, 2.75) is 33.2 Å². The zero-order chi connectivity index (χ0) is 13.7. The highest BCUT2D eigenvalue weighted by molar-refractivity contribution is 5.32. The van der Waals surface area contributed by atoms with E-state index >= 15 is 0 Å². The van der Waals surface area contributed by atoms with Crippen LogP contribution in [0.1, 0.15) is 37.8 Å². The molecule has 1 aliphatic carbocycles. The molecule has 2 heteroatoms. The zero-order valence-corrected chi connectivity index (χ0v) is 11.8. The first kappa shape index (κ1) is 13.8. The summed E-state index contributed by atoms with van der Waals surface area (Å²) in [6.45, 7) is 6.45. The smallest absolute Gasteiger partial charge is 0.0991 e. The van der Waals surface area contributed by atoms with Crippen LogP contribution in [0.4, 0.5) is 0 Å². The largest absolute Gasteiger partial charge is 0.312 e. The van der Waals surface area contributed by atoms with Gasteiger partial charge in [0.1, 0.15) is 0 Å². The lowest BCUT2D eigenvalue weighted by Crippen LogP contribution is -2.25. The Bertz CT molecular complexity index is 496. The van der Waals surface area contributed by atoms with Crippen molar-refractivity contribution in [3.8, 4) is 6.07 Å². The Morgan fingerprint density at radius 1 is 1.42 bits per heavy atom. The van der Waals surface area contributed by atoms with E-state index in [0.717, 1.165) is 24.6 Å². The lowest BCUT2D eigenvalue weighted by Gasteiger charge is -2.25. The van der Waals surface area contributed by atoms with Crippen molar-refractivity contribution in [2.75, 3.05) is 6.54 Å². The zero-order valence-electron chi connectivity index (χ0n) is 11.8. The Morgan fingerprint density at radius 3 is 3.00 bits per heavy atom. The van der Waals surface area contributed by atoms with Crippen LogP contribution in [-0.4, -0.2) is 6.54 Å². The molecule has 0 saturated carbocycles. The van der Waals surface area contributed by atoms with E-state index in [-0.39, 0.29) is 0 Å². The van der Waals surface area contributed by atoms with Crippen LogP contribution >= 0.6 is 0 Å². The lowest BCUT2D eigenvalue weighted by atomic mass is 9.84. The third-order valence-corrected chi connectivity index (χ3v) is 3.70. The molecule has 2 rings (SSSR count). The summed E-state index contributed by atoms with van der Waals surface area (Å²) in [5.74, 6) is 1.46. The predicted molar refractivity (Wildman–Crippen MR) is 78.5 cm³/mol. The van der Waals surface area contributed by atoms with Crippen LogP contribution in [0.25, 0.3) is 0 Å². The van der Waals surface area contributed by atoms with Crippen molar-refractivity contribution in [3.63, 3.8) is 0 Å². The van der Waals surface area contributed by atoms with Crippen molar-refractivity contribution < 1.29 is 0 Å². The SMILES string of the molecule is CC1=CC(C)CC(CNCc2cccc(C#N)c2)C1. The van der Waals surface area contributed by atoms with Gasteiger partial charge in [-0.2, -0.15) is 5.26 Å². The summed E-state index contributed by atoms with van der Waals surface area (Å²) in [4.78, 5) is 0. The molecule has 1 aromatic rings. The summed E-state index contributed by atoms with van der Waals surface area (Å²) in [7, 11) is 0. The second kappa shape index (κ2) is 6.54. The second-order valence-corrected chi connectivity index (χ2v) is 5.74. The summed E-state index contributed by atoms with van der Waals surface area (Å²) < 4.78 is 0. The molecule has 2 nitrogen and oxygen atoms in total. The first-order valence-electron chi connectivity index (χ1n) is 7.04. The number of nitrogens with zero attached hydrogens (tertiary/aromatic N) is 1. The van der Waals surface area contributed by atoms with Gasteiger partial charge >= 0.3 is 0 Å². The number of nitriles is 1. The third-order valence-electron chi connectivity index (χ3n) is 3.70. The molecule has 0 spiro atoms. The van der Waals surface area contributed by atoms with E-state index in [1.54, 1.807) is 0 Å². The number of hydrogen-bond acceptors (Lipinski definition) is 2. The molecule has 100 valence electrons. The van der Waals surface area contributed by atoms with E-state index in [1.807, 2.05) is 18.2 Å². The topological polar surface area (TPSA) is 35.8 Å². The first-order valence-corrected chi connectivity index (χ1v) is 7.04. The van der Waals surface area contributed by atoms with E-state index in [1.165, 1.54) is 24.0 Å². The highest BCUT2D eigenvalue weighted by Gasteiger charge is 2.17. The average Bonchev–Trinajstić information content (AvgIpc) is 2.38. The number of hydrogen-bond donors (Lipinski definition) is 1. The Labute approximate surface area is 116 Å². The van der Waals surface area contributed by atoms with Crippen LogP contribution in [-0.2, 0) is 6.54 Å². The minimum absolute atomic E-state index is 0.711. The maximum Gasteiger partial charge on any atom is 0.0991 e. The van der Waals surface area contributed by atoms with E-state index in [4.69, 9.17) is 5.26 Å². The fraction of sp³-hybridized carbons (Fsp3) is 0.471. The predicted octanol–water partition coefficient (Wildman–Crippen LogP) is 3.64. The van der Waals surface area contributed by atoms with Gasteiger partial charge in [0.2, 0.25) is 0 Å². The molecule has 2 atom stereocenters. The molecule has 0 aliphatic heterocycles. The highest BCUT2D eigenvalue weighted by atomic mass is 14.9. The Hall–Kier alpha value is -1.59. The minimum Gasteiger partial charge on any atom is -0.312 e. The van der Waals surface area contributed by atoms with E-state index in [0.29, 0.717) is 5.92 Å². The molecule has 0 bridgehead atoms. The third kappa shape index (κ3) is 4.22. The van der Waals surface area contributed by atoms with E-state index in [2.05, 4.69) is 37.4 Å². The standard InChI is InChI=1S/C17H22N2/c1-13-6-14(2)8-17(7-13)12-19-11-16-5-3-4-15(9-16)10-18/h3-6,9,13,17,19H,7-8,11-12H2,1-2H3. The van der Waals surface area contributed by atoms with Crippen LogP contribution in [0, 0.1) is 23.2 Å². The molecule has 1 N–H and O–H groups in total. The van der Waals surface area contributed by atoms with Gasteiger partial charge in [-0.05, 0) is 55.8 Å². The van der Waals surface area contributed by atoms with Crippen molar-refractivity contribution in [1.29, 1.82) is 5.26 Å². The van der Waals surface area contributed by atoms with Gasteiger partial charge in [-0.3, -0.25) is 0 Å². The molecule has 19 heavy (non-hydrogen) atoms. The van der Waals surface area contributed by atoms with Gasteiger partial charge in [0.25, 0.3) is 0 Å². The maximum atomic E-state index is 8.87. The molecule has 0 heterocycles. The molecule has 0 amide bonds. The van der Waals surface area contributed by atoms with Gasteiger partial charge in [-0.25, -0.2) is 0 Å². The van der Waals surface area contributed by atoms with Crippen molar-refractivity contribution >= 4 is 0 Å². The summed E-state index contributed by atoms with van der Waals surface area (Å²) in [5.41, 5.74) is 3.46. The molecular formula is C17H22N2. The van der Waals surface area contributed by atoms with E-state index < -0.39 is 0 Å². The summed E-state index contributed by atoms with van der Waals surface area (Å²) in [6.07, 6.45) is 4.89. The second-order valence-electron chi connectivity index (χ2n) is 5.74. The monoisotopic (exact) mass is 254 g/mol. The number of rotatable bonds is 4. The average molecular weight is 254 g/mol. The molecule has 0 radical (unpaired) electrons. The van der Waals surface area contributed by atoms with Crippen LogP contribution < -0.4 is 5.32 Å². The van der Waals surface area contributed by atoms with E-state index in [9.17, 15) is 0 Å². The summed E-state index contributed by atoms with van der Waals surface area (Å²) in [6, 6.07) is 10.0. The van der Waals surface area contributed by atoms with Crippen LogP contribution in [0.5, 0.6) is 0 Å². The van der Waals surface area contributed by atoms with Gasteiger partial charge in [-0.15, -0.1) is 0 Å². The van der Waals surface area contributed by atoms with Crippen LogP contribution in [0.2, 0.25) is 0 Å². The Morgan fingerprint density at radius 2 is 2.26 bits per heavy atom. The number of benzene rings is 1. The molecule has 0 fully saturated rings. The molecule has 1 aromatic carbocycles. The summed E-state index contributed by atoms with van der Waals surface area (Å²) >= 11 is 0. The fourth-order valence-electron chi connectivity index (χ4n) is 3.01. The Balaban J connectivity index is 1.81. The van der Waals surface area contributed by atoms with Gasteiger partial charge < -0.3 is 5.32 Å². The molecule has 2 unspecified atom stereocenters. The van der Waals surface area contributed by atoms with Crippen molar-refractivity contribution in [1.82, 2.24) is 5.32 Å². The van der Waals surface area contributed by atoms with Gasteiger partial charge in [-0.1, -0.05) is 30.7 Å². The molecular weight excluding hydrogens is 232 g/mol. The van der Waals surface area contributed by atoms with Gasteiger partial charge in [0.15, 0.2) is 0 Å². The van der Waals surface area contributed by atoms with Crippen molar-refractivity contribution in [3.05, 3.63) is 47.0 Å². The molecule has 1 aliphatic rings. The maximum absolute atomic E-state index is 8.87. The lowest BCUT2D eigenvalue weighted by molar-refractivity contribution is 0.381. The minimum atomic E-state index is 0.711. The van der Waals surface area contributed by atoms with Crippen LogP contribution in [0.15, 0.2) is 35.9 Å². The normalized spacial score (nSPS) is 22.7. The van der Waals surface area contributed by atoms with Crippen molar-refractivity contribution in [2.24, 2.45) is 11.8 Å². The highest BCUT2D eigenvalue weighted by Crippen LogP contribution is 2.27. The quantitative estimate of drug-likeness (QED) is 0.833. The summed E-state index contributed by atoms with van der Waals surface area (Å²) in [5, 5.41) is 12.4. The van der Waals surface area contributed by atoms with Gasteiger partial charge in [0, 0.05) is 6.54 Å². The first-order chi connectivity index (χ1) is 9.17. The number of nitrogens with one attached hydrogen (secondary N) is 1. The van der Waals surface area contributed by atoms with Crippen LogP contribution in [0.3, 0.4) is 0 Å². The molecule has 0 saturated heterocycles. The Kier molecular flexibility index (Phi) is 4.76.